The molecule has 19 heavy (non-hydrogen) atoms. The maximum Gasteiger partial charge on any atom is 0.411 e. The average Bonchev–Trinajstić information content (AvgIpc) is 2.79. The topological polar surface area (TPSA) is 58.6 Å². The van der Waals surface area contributed by atoms with Gasteiger partial charge in [0.25, 0.3) is 0 Å². The fourth-order valence-electron chi connectivity index (χ4n) is 2.55. The highest BCUT2D eigenvalue weighted by Gasteiger charge is 2.50. The van der Waals surface area contributed by atoms with Crippen LogP contribution in [-0.4, -0.2) is 35.6 Å². The van der Waals surface area contributed by atoms with E-state index in [-0.39, 0.29) is 24.6 Å². The highest BCUT2D eigenvalue weighted by atomic mass is 16.6. The Kier molecular flexibility index (Phi) is 2.74. The second kappa shape index (κ2) is 4.42. The lowest BCUT2D eigenvalue weighted by Crippen LogP contribution is -2.68. The number of benzene rings is 1. The molecule has 0 saturated carbocycles. The van der Waals surface area contributed by atoms with Crippen LogP contribution in [0.3, 0.4) is 0 Å². The normalized spacial score (nSPS) is 29.5. The van der Waals surface area contributed by atoms with Gasteiger partial charge < -0.3 is 10.1 Å². The maximum absolute atomic E-state index is 11.9. The number of carbonyl (C=O) groups is 2. The molecule has 5 heteroatoms. The monoisotopic (exact) mass is 258 g/mol. The Morgan fingerprint density at radius 3 is 2.68 bits per heavy atom. The number of hydrogen-bond donors (Lipinski definition) is 1. The van der Waals surface area contributed by atoms with E-state index in [0.29, 0.717) is 0 Å². The summed E-state index contributed by atoms with van der Waals surface area (Å²) in [7, 11) is 0. The van der Waals surface area contributed by atoms with E-state index in [9.17, 15) is 9.59 Å². The molecule has 2 fully saturated rings. The molecule has 1 N–H and O–H groups in total. The third kappa shape index (κ3) is 1.78. The van der Waals surface area contributed by atoms with Crippen LogP contribution in [0, 0.1) is 0 Å². The Bertz CT molecular complexity index is 529. The summed E-state index contributed by atoms with van der Waals surface area (Å²) in [5.74, 6) is -0.162. The minimum Gasteiger partial charge on any atom is -0.447 e. The maximum atomic E-state index is 11.9. The summed E-state index contributed by atoms with van der Waals surface area (Å²) >= 11 is 0. The first kappa shape index (κ1) is 11.8. The van der Waals surface area contributed by atoms with E-state index in [4.69, 9.17) is 4.74 Å². The Balaban J connectivity index is 1.91. The van der Waals surface area contributed by atoms with Crippen LogP contribution in [-0.2, 0) is 9.53 Å². The van der Waals surface area contributed by atoms with Gasteiger partial charge in [-0.1, -0.05) is 36.4 Å². The van der Waals surface area contributed by atoms with E-state index in [1.54, 1.807) is 6.08 Å². The summed E-state index contributed by atoms with van der Waals surface area (Å²) in [5.41, 5.74) is 0.968. The van der Waals surface area contributed by atoms with Crippen molar-refractivity contribution in [2.24, 2.45) is 0 Å². The zero-order valence-corrected chi connectivity index (χ0v) is 10.3. The first-order valence-electron chi connectivity index (χ1n) is 6.15. The van der Waals surface area contributed by atoms with E-state index < -0.39 is 12.1 Å². The molecule has 98 valence electrons. The lowest BCUT2D eigenvalue weighted by Gasteiger charge is -2.41. The molecule has 1 aromatic rings. The van der Waals surface area contributed by atoms with Gasteiger partial charge in [0.1, 0.15) is 12.6 Å². The largest absolute Gasteiger partial charge is 0.447 e. The van der Waals surface area contributed by atoms with E-state index in [1.807, 2.05) is 30.3 Å². The highest BCUT2D eigenvalue weighted by Crippen LogP contribution is 2.33. The molecule has 2 aliphatic heterocycles. The number of cyclic esters (lactones) is 1. The molecule has 2 heterocycles. The predicted octanol–water partition coefficient (Wildman–Crippen LogP) is 1.23. The van der Waals surface area contributed by atoms with Gasteiger partial charge in [-0.2, -0.15) is 0 Å². The van der Waals surface area contributed by atoms with Gasteiger partial charge in [-0.05, 0) is 5.56 Å². The standard InChI is InChI=1S/C14H14N2O3/c1-2-10-12(13(17)15-10)16-11(8-19-14(16)18)9-6-4-3-5-7-9/h2-7,10-12H,1,8H2,(H,15,17)/t10-,11-,12?/m1/s1. The van der Waals surface area contributed by atoms with Crippen LogP contribution in [0.15, 0.2) is 43.0 Å². The lowest BCUT2D eigenvalue weighted by molar-refractivity contribution is -0.134. The molecule has 0 aliphatic carbocycles. The molecule has 0 aromatic heterocycles. The molecule has 3 atom stereocenters. The van der Waals surface area contributed by atoms with Crippen molar-refractivity contribution in [2.45, 2.75) is 18.1 Å². The van der Waals surface area contributed by atoms with Crippen LogP contribution >= 0.6 is 0 Å². The Labute approximate surface area is 110 Å². The van der Waals surface area contributed by atoms with Crippen molar-refractivity contribution in [1.82, 2.24) is 10.2 Å². The predicted molar refractivity (Wildman–Crippen MR) is 68.3 cm³/mol. The smallest absolute Gasteiger partial charge is 0.411 e. The van der Waals surface area contributed by atoms with E-state index in [2.05, 4.69) is 11.9 Å². The average molecular weight is 258 g/mol. The van der Waals surface area contributed by atoms with Crippen LogP contribution in [0.2, 0.25) is 0 Å². The number of ether oxygens (including phenoxy) is 1. The van der Waals surface area contributed by atoms with Crippen molar-refractivity contribution < 1.29 is 14.3 Å². The molecule has 2 aliphatic rings. The van der Waals surface area contributed by atoms with Crippen LogP contribution in [0.1, 0.15) is 11.6 Å². The van der Waals surface area contributed by atoms with Crippen molar-refractivity contribution in [3.05, 3.63) is 48.6 Å². The number of hydrogen-bond acceptors (Lipinski definition) is 3. The minimum absolute atomic E-state index is 0.162. The third-order valence-electron chi connectivity index (χ3n) is 3.57. The molecular weight excluding hydrogens is 244 g/mol. The van der Waals surface area contributed by atoms with Crippen molar-refractivity contribution in [3.8, 4) is 0 Å². The number of nitrogens with zero attached hydrogens (tertiary/aromatic N) is 1. The van der Waals surface area contributed by atoms with Crippen molar-refractivity contribution >= 4 is 12.0 Å². The van der Waals surface area contributed by atoms with E-state index >= 15 is 0 Å². The zero-order chi connectivity index (χ0) is 13.4. The molecule has 1 aromatic carbocycles. The zero-order valence-electron chi connectivity index (χ0n) is 10.3. The third-order valence-corrected chi connectivity index (χ3v) is 3.57. The van der Waals surface area contributed by atoms with E-state index in [0.717, 1.165) is 5.56 Å². The van der Waals surface area contributed by atoms with E-state index in [1.165, 1.54) is 4.90 Å². The van der Waals surface area contributed by atoms with Gasteiger partial charge in [-0.15, -0.1) is 6.58 Å². The van der Waals surface area contributed by atoms with Gasteiger partial charge in [0.2, 0.25) is 5.91 Å². The van der Waals surface area contributed by atoms with Gasteiger partial charge in [-0.25, -0.2) is 4.79 Å². The minimum atomic E-state index is -0.516. The second-order valence-electron chi connectivity index (χ2n) is 4.63. The van der Waals surface area contributed by atoms with Gasteiger partial charge in [0, 0.05) is 0 Å². The van der Waals surface area contributed by atoms with Gasteiger partial charge >= 0.3 is 6.09 Å². The van der Waals surface area contributed by atoms with Crippen LogP contribution < -0.4 is 5.32 Å². The number of carbonyl (C=O) groups excluding carboxylic acids is 2. The highest BCUT2D eigenvalue weighted by molar-refractivity contribution is 5.93. The van der Waals surface area contributed by atoms with Crippen molar-refractivity contribution in [3.63, 3.8) is 0 Å². The molecule has 2 saturated heterocycles. The SMILES string of the molecule is C=C[C@H]1NC(=O)C1N1C(=O)OC[C@@H]1c1ccccc1. The molecule has 2 amide bonds. The number of nitrogens with one attached hydrogen (secondary N) is 1. The van der Waals surface area contributed by atoms with Crippen LogP contribution in [0.25, 0.3) is 0 Å². The second-order valence-corrected chi connectivity index (χ2v) is 4.63. The molecule has 0 spiro atoms. The molecule has 0 radical (unpaired) electrons. The Hall–Kier alpha value is -2.30. The molecule has 1 unspecified atom stereocenters. The number of β-lactam (4-membered cyclic amide) rings is 1. The molecule has 5 nitrogen and oxygen atoms in total. The molecular formula is C14H14N2O3. The summed E-state index contributed by atoms with van der Waals surface area (Å²) in [6, 6.07) is 8.64. The summed E-state index contributed by atoms with van der Waals surface area (Å²) < 4.78 is 5.10. The summed E-state index contributed by atoms with van der Waals surface area (Å²) in [4.78, 5) is 25.1. The summed E-state index contributed by atoms with van der Waals surface area (Å²) in [6.45, 7) is 3.94. The van der Waals surface area contributed by atoms with Crippen molar-refractivity contribution in [2.75, 3.05) is 6.61 Å². The lowest BCUT2D eigenvalue weighted by atomic mass is 9.94. The number of amides is 2. The summed E-state index contributed by atoms with van der Waals surface area (Å²) in [6.07, 6.45) is 1.19. The summed E-state index contributed by atoms with van der Waals surface area (Å²) in [5, 5.41) is 2.71. The van der Waals surface area contributed by atoms with Crippen LogP contribution in [0.4, 0.5) is 4.79 Å². The van der Waals surface area contributed by atoms with Gasteiger partial charge in [0.05, 0.1) is 12.1 Å². The number of rotatable bonds is 3. The Morgan fingerprint density at radius 1 is 1.32 bits per heavy atom. The molecule has 3 rings (SSSR count). The molecule has 0 bridgehead atoms. The fraction of sp³-hybridized carbons (Fsp3) is 0.286. The Morgan fingerprint density at radius 2 is 2.05 bits per heavy atom. The fourth-order valence-corrected chi connectivity index (χ4v) is 2.55. The van der Waals surface area contributed by atoms with Crippen LogP contribution in [0.5, 0.6) is 0 Å². The first-order valence-corrected chi connectivity index (χ1v) is 6.15. The van der Waals surface area contributed by atoms with Crippen molar-refractivity contribution in [1.29, 1.82) is 0 Å². The first-order chi connectivity index (χ1) is 9.22. The van der Waals surface area contributed by atoms with Gasteiger partial charge in [-0.3, -0.25) is 9.69 Å². The quantitative estimate of drug-likeness (QED) is 0.655. The van der Waals surface area contributed by atoms with Gasteiger partial charge in [0.15, 0.2) is 0 Å².